The van der Waals surface area contributed by atoms with Crippen LogP contribution >= 0.6 is 0 Å². The average Bonchev–Trinajstić information content (AvgIpc) is 3.58. The summed E-state index contributed by atoms with van der Waals surface area (Å²) in [4.78, 5) is 4.66. The summed E-state index contributed by atoms with van der Waals surface area (Å²) in [5, 5.41) is 15.6. The molecule has 0 saturated heterocycles. The minimum Gasteiger partial charge on any atom is -0.307 e. The number of para-hydroxylation sites is 2. The van der Waals surface area contributed by atoms with Gasteiger partial charge >= 0.3 is 0 Å². The van der Waals surface area contributed by atoms with Gasteiger partial charge in [0.15, 0.2) is 0 Å². The van der Waals surface area contributed by atoms with E-state index < -0.39 is 0 Å². The van der Waals surface area contributed by atoms with Crippen LogP contribution in [-0.2, 0) is 10.8 Å². The fraction of sp³-hybridized carbons (Fsp3) is 0.217. The summed E-state index contributed by atoms with van der Waals surface area (Å²) in [7, 11) is 0. The first-order valence-electron chi connectivity index (χ1n) is 17.5. The van der Waals surface area contributed by atoms with Crippen molar-refractivity contribution in [3.63, 3.8) is 0 Å². The van der Waals surface area contributed by atoms with Crippen LogP contribution < -0.4 is 0 Å². The van der Waals surface area contributed by atoms with Crippen LogP contribution in [0.25, 0.3) is 66.1 Å². The molecule has 3 heterocycles. The number of aryl methyl sites for hydroxylation is 2. The van der Waals surface area contributed by atoms with E-state index in [0.29, 0.717) is 5.56 Å². The summed E-state index contributed by atoms with van der Waals surface area (Å²) in [6.07, 6.45) is 0. The summed E-state index contributed by atoms with van der Waals surface area (Å²) in [6, 6.07) is 42.3. The van der Waals surface area contributed by atoms with Gasteiger partial charge < -0.3 is 9.13 Å². The van der Waals surface area contributed by atoms with Gasteiger partial charge in [-0.3, -0.25) is 4.98 Å². The van der Waals surface area contributed by atoms with Gasteiger partial charge in [-0.05, 0) is 89.9 Å². The van der Waals surface area contributed by atoms with Gasteiger partial charge in [0.05, 0.1) is 45.1 Å². The highest BCUT2D eigenvalue weighted by Crippen LogP contribution is 2.42. The molecule has 0 aliphatic carbocycles. The van der Waals surface area contributed by atoms with Crippen molar-refractivity contribution in [2.24, 2.45) is 0 Å². The van der Waals surface area contributed by atoms with Crippen LogP contribution in [0.1, 0.15) is 69.6 Å². The number of pyridine rings is 1. The van der Waals surface area contributed by atoms with Crippen molar-refractivity contribution < 1.29 is 0 Å². The monoisotopic (exact) mass is 650 g/mol. The average molecular weight is 651 g/mol. The third-order valence-electron chi connectivity index (χ3n) is 10.2. The zero-order valence-corrected chi connectivity index (χ0v) is 30.2. The lowest BCUT2D eigenvalue weighted by molar-refractivity contribution is 0.590. The summed E-state index contributed by atoms with van der Waals surface area (Å²) >= 11 is 0. The second-order valence-electron chi connectivity index (χ2n) is 15.8. The molecule has 8 aromatic rings. The lowest BCUT2D eigenvalue weighted by atomic mass is 9.86. The van der Waals surface area contributed by atoms with Crippen molar-refractivity contribution >= 4 is 43.6 Å². The molecule has 8 rings (SSSR count). The Hall–Kier alpha value is -5.66. The van der Waals surface area contributed by atoms with Gasteiger partial charge in [-0.2, -0.15) is 5.26 Å². The first kappa shape index (κ1) is 31.6. The number of nitriles is 1. The van der Waals surface area contributed by atoms with E-state index in [1.807, 2.05) is 13.8 Å². The molecule has 0 aliphatic heterocycles. The highest BCUT2D eigenvalue weighted by molar-refractivity contribution is 6.12. The fourth-order valence-corrected chi connectivity index (χ4v) is 7.65. The molecule has 0 unspecified atom stereocenters. The van der Waals surface area contributed by atoms with E-state index in [-0.39, 0.29) is 10.8 Å². The van der Waals surface area contributed by atoms with Gasteiger partial charge in [-0.1, -0.05) is 102 Å². The first-order valence-corrected chi connectivity index (χ1v) is 17.5. The van der Waals surface area contributed by atoms with Crippen LogP contribution in [0.5, 0.6) is 0 Å². The zero-order chi connectivity index (χ0) is 35.1. The molecule has 4 nitrogen and oxygen atoms in total. The molecule has 0 spiro atoms. The van der Waals surface area contributed by atoms with Crippen molar-refractivity contribution in [1.82, 2.24) is 14.1 Å². The SMILES string of the molecule is Cc1cc(-c2cc(-n3c4ccccc4c4ccc(C(C)(C)C)cc43)c(-n3c4ccccc4c4ccc(C(C)(C)C)cc43)cc2C#N)cc(C)n1. The molecule has 0 radical (unpaired) electrons. The Morgan fingerprint density at radius 3 is 1.42 bits per heavy atom. The Morgan fingerprint density at radius 1 is 0.520 bits per heavy atom. The number of hydrogen-bond acceptors (Lipinski definition) is 2. The van der Waals surface area contributed by atoms with Crippen LogP contribution in [0, 0.1) is 25.2 Å². The molecule has 0 aliphatic rings. The molecule has 4 heteroatoms. The molecular weight excluding hydrogens is 609 g/mol. The number of aromatic nitrogens is 3. The molecule has 0 fully saturated rings. The quantitative estimate of drug-likeness (QED) is 0.191. The van der Waals surface area contributed by atoms with Crippen molar-refractivity contribution in [3.8, 4) is 28.6 Å². The van der Waals surface area contributed by atoms with Gasteiger partial charge in [0.2, 0.25) is 0 Å². The van der Waals surface area contributed by atoms with E-state index in [2.05, 4.69) is 171 Å². The number of rotatable bonds is 3. The van der Waals surface area contributed by atoms with E-state index in [1.165, 1.54) is 32.7 Å². The second-order valence-corrected chi connectivity index (χ2v) is 15.8. The minimum atomic E-state index is -0.0345. The van der Waals surface area contributed by atoms with Crippen LogP contribution in [-0.4, -0.2) is 14.1 Å². The van der Waals surface area contributed by atoms with Crippen molar-refractivity contribution in [1.29, 1.82) is 5.26 Å². The zero-order valence-electron chi connectivity index (χ0n) is 30.2. The Kier molecular flexibility index (Phi) is 7.07. The van der Waals surface area contributed by atoms with E-state index in [0.717, 1.165) is 56.0 Å². The lowest BCUT2D eigenvalue weighted by Gasteiger charge is -2.22. The van der Waals surface area contributed by atoms with Crippen LogP contribution in [0.4, 0.5) is 0 Å². The Labute approximate surface area is 294 Å². The number of hydrogen-bond donors (Lipinski definition) is 0. The summed E-state index contributed by atoms with van der Waals surface area (Å²) in [6.45, 7) is 17.6. The molecule has 246 valence electrons. The Morgan fingerprint density at radius 2 is 0.960 bits per heavy atom. The second kappa shape index (κ2) is 11.2. The Bertz CT molecular complexity index is 2680. The number of nitrogens with zero attached hydrogens (tertiary/aromatic N) is 4. The number of benzene rings is 5. The predicted octanol–water partition coefficient (Wildman–Crippen LogP) is 12.0. The van der Waals surface area contributed by atoms with Crippen molar-refractivity contribution in [3.05, 3.63) is 137 Å². The molecule has 50 heavy (non-hydrogen) atoms. The lowest BCUT2D eigenvalue weighted by Crippen LogP contribution is -2.12. The van der Waals surface area contributed by atoms with E-state index in [4.69, 9.17) is 0 Å². The van der Waals surface area contributed by atoms with Gasteiger partial charge in [0.25, 0.3) is 0 Å². The van der Waals surface area contributed by atoms with E-state index in [9.17, 15) is 5.26 Å². The molecular formula is C46H42N4. The summed E-state index contributed by atoms with van der Waals surface area (Å²) in [5.41, 5.74) is 13.4. The van der Waals surface area contributed by atoms with Gasteiger partial charge in [-0.15, -0.1) is 0 Å². The molecule has 0 bridgehead atoms. The molecule has 0 atom stereocenters. The highest BCUT2D eigenvalue weighted by Gasteiger charge is 2.25. The van der Waals surface area contributed by atoms with E-state index in [1.54, 1.807) is 0 Å². The van der Waals surface area contributed by atoms with E-state index >= 15 is 0 Å². The molecule has 0 saturated carbocycles. The van der Waals surface area contributed by atoms with Crippen molar-refractivity contribution in [2.45, 2.75) is 66.2 Å². The molecule has 3 aromatic heterocycles. The molecule has 0 N–H and O–H groups in total. The molecule has 0 amide bonds. The number of fused-ring (bicyclic) bond motifs is 6. The maximum absolute atomic E-state index is 10.8. The highest BCUT2D eigenvalue weighted by atomic mass is 15.1. The minimum absolute atomic E-state index is 0.0313. The standard InChI is InChI=1S/C46H42N4/c1-28-21-30(22-29(2)48-28)38-26-44(50-40-16-12-10-14-35(40)37-20-18-33(25-42(37)50)46(6,7)8)43(23-31(38)27-47)49-39-15-11-9-13-34(39)36-19-17-32(24-41(36)49)45(3,4)5/h9-26H,1-8H3. The fourth-order valence-electron chi connectivity index (χ4n) is 7.65. The molecule has 5 aromatic carbocycles. The van der Waals surface area contributed by atoms with Crippen molar-refractivity contribution in [2.75, 3.05) is 0 Å². The summed E-state index contributed by atoms with van der Waals surface area (Å²) in [5.74, 6) is 0. The third kappa shape index (κ3) is 5.00. The maximum atomic E-state index is 10.8. The van der Waals surface area contributed by atoms with Crippen LogP contribution in [0.2, 0.25) is 0 Å². The summed E-state index contributed by atoms with van der Waals surface area (Å²) < 4.78 is 4.81. The van der Waals surface area contributed by atoms with Gasteiger partial charge in [-0.25, -0.2) is 0 Å². The van der Waals surface area contributed by atoms with Gasteiger partial charge in [0.1, 0.15) is 0 Å². The maximum Gasteiger partial charge on any atom is 0.0998 e. The van der Waals surface area contributed by atoms with Crippen LogP contribution in [0.3, 0.4) is 0 Å². The topological polar surface area (TPSA) is 46.5 Å². The first-order chi connectivity index (χ1) is 23.8. The van der Waals surface area contributed by atoms with Gasteiger partial charge in [0, 0.05) is 38.5 Å². The predicted molar refractivity (Wildman–Crippen MR) is 210 cm³/mol. The Balaban J connectivity index is 1.59. The third-order valence-corrected chi connectivity index (χ3v) is 10.2. The normalized spacial score (nSPS) is 12.4. The largest absolute Gasteiger partial charge is 0.307 e. The van der Waals surface area contributed by atoms with Crippen LogP contribution in [0.15, 0.2) is 109 Å². The smallest absolute Gasteiger partial charge is 0.0998 e.